The van der Waals surface area contributed by atoms with Gasteiger partial charge in [0.15, 0.2) is 0 Å². The number of sulfonamides is 1. The van der Waals surface area contributed by atoms with Gasteiger partial charge >= 0.3 is 6.36 Å². The second-order valence-electron chi connectivity index (χ2n) is 4.99. The summed E-state index contributed by atoms with van der Waals surface area (Å²) in [4.78, 5) is -0.468. The lowest BCUT2D eigenvalue weighted by molar-refractivity contribution is -0.275. The van der Waals surface area contributed by atoms with Crippen LogP contribution in [-0.4, -0.2) is 45.3 Å². The van der Waals surface area contributed by atoms with Gasteiger partial charge in [-0.1, -0.05) is 12.1 Å². The van der Waals surface area contributed by atoms with E-state index in [0.29, 0.717) is 6.42 Å². The molecule has 0 saturated carbocycles. The molecule has 1 heterocycles. The van der Waals surface area contributed by atoms with Gasteiger partial charge in [0.05, 0.1) is 0 Å². The van der Waals surface area contributed by atoms with Crippen LogP contribution in [0.4, 0.5) is 13.2 Å². The van der Waals surface area contributed by atoms with Gasteiger partial charge in [-0.15, -0.1) is 13.2 Å². The molecule has 0 aromatic heterocycles. The minimum Gasteiger partial charge on any atom is -0.404 e. The normalized spacial score (nSPS) is 20.8. The van der Waals surface area contributed by atoms with Crippen molar-refractivity contribution in [2.45, 2.75) is 30.1 Å². The average Bonchev–Trinajstić information content (AvgIpc) is 2.46. The monoisotopic (exact) mass is 338 g/mol. The maximum atomic E-state index is 12.6. The van der Waals surface area contributed by atoms with E-state index in [4.69, 9.17) is 0 Å². The van der Waals surface area contributed by atoms with Gasteiger partial charge in [-0.3, -0.25) is 0 Å². The van der Waals surface area contributed by atoms with Crippen molar-refractivity contribution in [2.24, 2.45) is 0 Å². The van der Waals surface area contributed by atoms with Gasteiger partial charge in [0.2, 0.25) is 10.0 Å². The number of nitrogens with zero attached hydrogens (tertiary/aromatic N) is 1. The molecule has 22 heavy (non-hydrogen) atoms. The summed E-state index contributed by atoms with van der Waals surface area (Å²) in [6, 6.07) is 4.78. The van der Waals surface area contributed by atoms with Gasteiger partial charge in [0, 0.05) is 19.1 Å². The highest BCUT2D eigenvalue weighted by molar-refractivity contribution is 7.89. The number of halogens is 3. The van der Waals surface area contributed by atoms with Crippen LogP contribution in [0.1, 0.15) is 12.8 Å². The number of hydrogen-bond acceptors (Lipinski definition) is 4. The van der Waals surface area contributed by atoms with Crippen molar-refractivity contribution in [2.75, 3.05) is 20.1 Å². The van der Waals surface area contributed by atoms with Gasteiger partial charge in [0.25, 0.3) is 0 Å². The number of ether oxygens (including phenoxy) is 1. The molecule has 1 aliphatic rings. The summed E-state index contributed by atoms with van der Waals surface area (Å²) in [6.07, 6.45) is -3.47. The van der Waals surface area contributed by atoms with Crippen LogP contribution in [-0.2, 0) is 10.0 Å². The van der Waals surface area contributed by atoms with Crippen molar-refractivity contribution in [1.82, 2.24) is 9.62 Å². The first-order valence-corrected chi connectivity index (χ1v) is 8.20. The number of nitrogens with one attached hydrogen (secondary N) is 1. The van der Waals surface area contributed by atoms with Crippen LogP contribution < -0.4 is 10.1 Å². The van der Waals surface area contributed by atoms with Crippen molar-refractivity contribution in [3.05, 3.63) is 24.3 Å². The topological polar surface area (TPSA) is 58.6 Å². The maximum Gasteiger partial charge on any atom is 0.573 e. The maximum absolute atomic E-state index is 12.6. The molecule has 1 aliphatic heterocycles. The fourth-order valence-electron chi connectivity index (χ4n) is 2.41. The summed E-state index contributed by atoms with van der Waals surface area (Å²) in [5, 5.41) is 2.99. The molecule has 1 fully saturated rings. The number of alkyl halides is 3. The number of para-hydroxylation sites is 1. The molecule has 1 aromatic carbocycles. The molecule has 0 bridgehead atoms. The lowest BCUT2D eigenvalue weighted by Gasteiger charge is -2.32. The molecular formula is C13H17F3N2O3S. The fraction of sp³-hybridized carbons (Fsp3) is 0.538. The summed E-state index contributed by atoms with van der Waals surface area (Å²) >= 11 is 0. The average molecular weight is 338 g/mol. The van der Waals surface area contributed by atoms with E-state index in [1.807, 2.05) is 0 Å². The van der Waals surface area contributed by atoms with Gasteiger partial charge in [-0.25, -0.2) is 8.42 Å². The third-order valence-corrected chi connectivity index (χ3v) is 5.39. The Kier molecular flexibility index (Phi) is 4.98. The van der Waals surface area contributed by atoms with Crippen LogP contribution in [0.2, 0.25) is 0 Å². The van der Waals surface area contributed by atoms with Crippen molar-refractivity contribution in [3.63, 3.8) is 0 Å². The van der Waals surface area contributed by atoms with Crippen LogP contribution in [0, 0.1) is 0 Å². The number of likely N-dealkylation sites (N-methyl/N-ethyl adjacent to an activating group) is 1. The number of rotatable bonds is 4. The third kappa shape index (κ3) is 3.90. The number of benzene rings is 1. The third-order valence-electron chi connectivity index (χ3n) is 3.49. The largest absolute Gasteiger partial charge is 0.573 e. The Morgan fingerprint density at radius 2 is 2.00 bits per heavy atom. The standard InChI is InChI=1S/C13H17F3N2O3S/c1-17-10-5-4-8-18(9-10)22(19,20)12-7-3-2-6-11(12)21-13(14,15)16/h2-3,6-7,10,17H,4-5,8-9H2,1H3/t10-/m0/s1. The lowest BCUT2D eigenvalue weighted by Crippen LogP contribution is -2.46. The van der Waals surface area contributed by atoms with E-state index >= 15 is 0 Å². The highest BCUT2D eigenvalue weighted by Gasteiger charge is 2.36. The molecule has 9 heteroatoms. The van der Waals surface area contributed by atoms with Crippen molar-refractivity contribution in [3.8, 4) is 5.75 Å². The zero-order valence-electron chi connectivity index (χ0n) is 11.9. The van der Waals surface area contributed by atoms with E-state index in [1.165, 1.54) is 16.4 Å². The molecular weight excluding hydrogens is 321 g/mol. The predicted octanol–water partition coefficient (Wildman–Crippen LogP) is 1.96. The number of piperidine rings is 1. The molecule has 0 radical (unpaired) electrons. The van der Waals surface area contributed by atoms with E-state index in [2.05, 4.69) is 10.1 Å². The van der Waals surface area contributed by atoms with E-state index in [1.54, 1.807) is 7.05 Å². The smallest absolute Gasteiger partial charge is 0.404 e. The van der Waals surface area contributed by atoms with Gasteiger partial charge < -0.3 is 10.1 Å². The molecule has 0 amide bonds. The SMILES string of the molecule is CN[C@H]1CCCN(S(=O)(=O)c2ccccc2OC(F)(F)F)C1. The van der Waals surface area contributed by atoms with Crippen molar-refractivity contribution >= 4 is 10.0 Å². The molecule has 2 rings (SSSR count). The second kappa shape index (κ2) is 6.43. The molecule has 1 atom stereocenters. The highest BCUT2D eigenvalue weighted by Crippen LogP contribution is 2.32. The molecule has 0 spiro atoms. The summed E-state index contributed by atoms with van der Waals surface area (Å²) in [7, 11) is -2.32. The molecule has 5 nitrogen and oxygen atoms in total. The van der Waals surface area contributed by atoms with Gasteiger partial charge in [-0.05, 0) is 32.0 Å². The van der Waals surface area contributed by atoms with Crippen molar-refractivity contribution < 1.29 is 26.3 Å². The molecule has 0 unspecified atom stereocenters. The van der Waals surface area contributed by atoms with Crippen LogP contribution in [0.15, 0.2) is 29.2 Å². The zero-order valence-corrected chi connectivity index (χ0v) is 12.7. The fourth-order valence-corrected chi connectivity index (χ4v) is 4.05. The molecule has 1 aromatic rings. The summed E-state index contributed by atoms with van der Waals surface area (Å²) in [5.41, 5.74) is 0. The van der Waals surface area contributed by atoms with E-state index in [-0.39, 0.29) is 19.1 Å². The first-order valence-electron chi connectivity index (χ1n) is 6.76. The van der Waals surface area contributed by atoms with Crippen LogP contribution in [0.25, 0.3) is 0 Å². The Balaban J connectivity index is 2.33. The Morgan fingerprint density at radius 3 is 2.64 bits per heavy atom. The summed E-state index contributed by atoms with van der Waals surface area (Å²) < 4.78 is 67.5. The number of hydrogen-bond donors (Lipinski definition) is 1. The van der Waals surface area contributed by atoms with Gasteiger partial charge in [-0.2, -0.15) is 4.31 Å². The minimum atomic E-state index is -4.94. The van der Waals surface area contributed by atoms with E-state index in [9.17, 15) is 21.6 Å². The van der Waals surface area contributed by atoms with Gasteiger partial charge in [0.1, 0.15) is 10.6 Å². The summed E-state index contributed by atoms with van der Waals surface area (Å²) in [5.74, 6) is -0.707. The Bertz CT molecular complexity index is 619. The molecule has 1 N–H and O–H groups in total. The second-order valence-corrected chi connectivity index (χ2v) is 6.89. The van der Waals surface area contributed by atoms with Crippen LogP contribution >= 0.6 is 0 Å². The first-order chi connectivity index (χ1) is 10.2. The van der Waals surface area contributed by atoms with Crippen LogP contribution in [0.5, 0.6) is 5.75 Å². The molecule has 124 valence electrons. The Morgan fingerprint density at radius 1 is 1.32 bits per heavy atom. The van der Waals surface area contributed by atoms with Crippen LogP contribution in [0.3, 0.4) is 0 Å². The lowest BCUT2D eigenvalue weighted by atomic mass is 10.1. The quantitative estimate of drug-likeness (QED) is 0.912. The molecule has 0 aliphatic carbocycles. The first kappa shape index (κ1) is 17.0. The highest BCUT2D eigenvalue weighted by atomic mass is 32.2. The summed E-state index contributed by atoms with van der Waals surface area (Å²) in [6.45, 7) is 0.500. The Labute approximate surface area is 127 Å². The predicted molar refractivity (Wildman–Crippen MR) is 74.0 cm³/mol. The van der Waals surface area contributed by atoms with E-state index < -0.39 is 27.0 Å². The Hall–Kier alpha value is -1.32. The molecule has 1 saturated heterocycles. The zero-order chi connectivity index (χ0) is 16.4. The van der Waals surface area contributed by atoms with E-state index in [0.717, 1.165) is 18.6 Å². The minimum absolute atomic E-state index is 0.0146. The van der Waals surface area contributed by atoms with Crippen molar-refractivity contribution in [1.29, 1.82) is 0 Å².